The minimum Gasteiger partial charge on any atom is -0.485 e. The number of nitrogens with zero attached hydrogens (tertiary/aromatic N) is 2. The van der Waals surface area contributed by atoms with Crippen molar-refractivity contribution in [3.05, 3.63) is 65.4 Å². The minimum atomic E-state index is -0.343. The summed E-state index contributed by atoms with van der Waals surface area (Å²) in [5, 5.41) is 3.00. The number of benzene rings is 1. The van der Waals surface area contributed by atoms with E-state index in [2.05, 4.69) is 17.2 Å². The first kappa shape index (κ1) is 26.2. The summed E-state index contributed by atoms with van der Waals surface area (Å²) >= 11 is 0. The van der Waals surface area contributed by atoms with E-state index >= 15 is 0 Å². The highest BCUT2D eigenvalue weighted by atomic mass is 19.1. The molecule has 0 radical (unpaired) electrons. The Labute approximate surface area is 205 Å². The lowest BCUT2D eigenvalue weighted by atomic mass is 10.1. The number of pyridine rings is 1. The van der Waals surface area contributed by atoms with E-state index in [-0.39, 0.29) is 42.7 Å². The van der Waals surface area contributed by atoms with Gasteiger partial charge >= 0.3 is 5.97 Å². The van der Waals surface area contributed by atoms with Gasteiger partial charge in [-0.2, -0.15) is 0 Å². The van der Waals surface area contributed by atoms with Crippen molar-refractivity contribution < 1.29 is 23.5 Å². The minimum absolute atomic E-state index is 0.0391. The number of unbranched alkanes of at least 4 members (excludes halogenated alkanes) is 1. The quantitative estimate of drug-likeness (QED) is 0.356. The summed E-state index contributed by atoms with van der Waals surface area (Å²) in [6, 6.07) is 9.56. The van der Waals surface area contributed by atoms with E-state index in [1.54, 1.807) is 47.9 Å². The molecule has 2 heterocycles. The van der Waals surface area contributed by atoms with Gasteiger partial charge in [-0.15, -0.1) is 0 Å². The number of aryl methyl sites for hydroxylation is 1. The first-order chi connectivity index (χ1) is 16.8. The molecular weight excluding hydrogens is 449 g/mol. The van der Waals surface area contributed by atoms with Crippen molar-refractivity contribution in [3.8, 4) is 5.75 Å². The van der Waals surface area contributed by atoms with E-state index in [0.29, 0.717) is 41.4 Å². The number of carbonyl (C=O) groups excluding carboxylic acids is 2. The van der Waals surface area contributed by atoms with Gasteiger partial charge < -0.3 is 14.8 Å². The molecule has 0 aliphatic heterocycles. The Hall–Kier alpha value is -3.42. The van der Waals surface area contributed by atoms with Crippen molar-refractivity contribution in [2.24, 2.45) is 5.92 Å². The number of nitrogens with one attached hydrogen (secondary N) is 1. The Morgan fingerprint density at radius 3 is 2.66 bits per heavy atom. The van der Waals surface area contributed by atoms with Crippen molar-refractivity contribution in [3.63, 3.8) is 0 Å². The second-order valence-electron chi connectivity index (χ2n) is 9.09. The molecule has 1 amide bonds. The van der Waals surface area contributed by atoms with Crippen molar-refractivity contribution in [2.45, 2.75) is 66.0 Å². The highest BCUT2D eigenvalue weighted by molar-refractivity contribution is 5.95. The first-order valence-corrected chi connectivity index (χ1v) is 12.1. The molecule has 2 aromatic heterocycles. The van der Waals surface area contributed by atoms with E-state index in [1.807, 2.05) is 13.8 Å². The summed E-state index contributed by atoms with van der Waals surface area (Å²) in [5.74, 6) is -0.294. The Kier molecular flexibility index (Phi) is 9.23. The fraction of sp³-hybridized carbons (Fsp3) is 0.444. The lowest BCUT2D eigenvalue weighted by Crippen LogP contribution is -2.38. The van der Waals surface area contributed by atoms with Gasteiger partial charge in [0.15, 0.2) is 11.4 Å². The summed E-state index contributed by atoms with van der Waals surface area (Å²) in [6.45, 7) is 8.16. The summed E-state index contributed by atoms with van der Waals surface area (Å²) in [5.41, 5.74) is 1.79. The Morgan fingerprint density at radius 2 is 1.94 bits per heavy atom. The zero-order chi connectivity index (χ0) is 25.4. The molecule has 3 rings (SSSR count). The van der Waals surface area contributed by atoms with Crippen molar-refractivity contribution >= 4 is 17.5 Å². The van der Waals surface area contributed by atoms with Crippen LogP contribution in [0.25, 0.3) is 5.65 Å². The number of hydrogen-bond donors (Lipinski definition) is 1. The second kappa shape index (κ2) is 12.3. The summed E-state index contributed by atoms with van der Waals surface area (Å²) in [4.78, 5) is 30.1. The largest absolute Gasteiger partial charge is 0.485 e. The van der Waals surface area contributed by atoms with Crippen LogP contribution in [0.3, 0.4) is 0 Å². The molecule has 7 nitrogen and oxygen atoms in total. The molecule has 0 saturated carbocycles. The molecule has 0 unspecified atom stereocenters. The number of carbonyl (C=O) groups is 2. The molecule has 0 spiro atoms. The van der Waals surface area contributed by atoms with Crippen LogP contribution in [0.4, 0.5) is 4.39 Å². The fourth-order valence-electron chi connectivity index (χ4n) is 3.76. The average molecular weight is 484 g/mol. The molecule has 3 aromatic rings. The maximum Gasteiger partial charge on any atom is 0.307 e. The van der Waals surface area contributed by atoms with Gasteiger partial charge in [0, 0.05) is 17.8 Å². The van der Waals surface area contributed by atoms with Gasteiger partial charge in [0.25, 0.3) is 5.91 Å². The van der Waals surface area contributed by atoms with Gasteiger partial charge in [0.1, 0.15) is 18.1 Å². The molecule has 1 N–H and O–H groups in total. The zero-order valence-electron chi connectivity index (χ0n) is 20.8. The predicted molar refractivity (Wildman–Crippen MR) is 132 cm³/mol. The third-order valence-electron chi connectivity index (χ3n) is 5.58. The number of ether oxygens (including phenoxy) is 2. The van der Waals surface area contributed by atoms with Gasteiger partial charge in [-0.3, -0.25) is 14.0 Å². The third kappa shape index (κ3) is 7.04. The van der Waals surface area contributed by atoms with Crippen LogP contribution < -0.4 is 10.1 Å². The van der Waals surface area contributed by atoms with Gasteiger partial charge in [-0.05, 0) is 37.5 Å². The molecule has 0 aliphatic rings. The lowest BCUT2D eigenvalue weighted by molar-refractivity contribution is -0.145. The number of fused-ring (bicyclic) bond motifs is 1. The number of hydrogen-bond acceptors (Lipinski definition) is 5. The van der Waals surface area contributed by atoms with Crippen LogP contribution in [0.1, 0.15) is 68.2 Å². The van der Waals surface area contributed by atoms with Crippen LogP contribution in [-0.4, -0.2) is 33.9 Å². The van der Waals surface area contributed by atoms with Crippen molar-refractivity contribution in [1.29, 1.82) is 0 Å². The number of halogens is 1. The number of esters is 1. The Morgan fingerprint density at radius 1 is 1.17 bits per heavy atom. The Balaban J connectivity index is 1.77. The third-order valence-corrected chi connectivity index (χ3v) is 5.58. The highest BCUT2D eigenvalue weighted by Gasteiger charge is 2.23. The summed E-state index contributed by atoms with van der Waals surface area (Å²) in [7, 11) is 0. The monoisotopic (exact) mass is 483 g/mol. The molecule has 0 saturated heterocycles. The molecule has 8 heteroatoms. The second-order valence-corrected chi connectivity index (χ2v) is 9.09. The SMILES string of the molecule is CCCC[C@H](CC(=O)OCC(C)C)NC(=O)c1c(C)nc2c(OCc3ccccc3F)cccn12. The lowest BCUT2D eigenvalue weighted by Gasteiger charge is -2.18. The number of rotatable bonds is 12. The molecular formula is C27H34FN3O4. The summed E-state index contributed by atoms with van der Waals surface area (Å²) in [6.07, 6.45) is 4.35. The normalized spacial score (nSPS) is 12.1. The maximum atomic E-state index is 14.0. The van der Waals surface area contributed by atoms with E-state index in [9.17, 15) is 14.0 Å². The van der Waals surface area contributed by atoms with Gasteiger partial charge in [-0.25, -0.2) is 9.37 Å². The predicted octanol–water partition coefficient (Wildman–Crippen LogP) is 5.24. The number of amides is 1. The van der Waals surface area contributed by atoms with E-state index in [1.165, 1.54) is 6.07 Å². The van der Waals surface area contributed by atoms with Crippen molar-refractivity contribution in [2.75, 3.05) is 6.61 Å². The van der Waals surface area contributed by atoms with Crippen LogP contribution in [0, 0.1) is 18.7 Å². The van der Waals surface area contributed by atoms with Gasteiger partial charge in [-0.1, -0.05) is 51.8 Å². The molecule has 0 bridgehead atoms. The van der Waals surface area contributed by atoms with E-state index < -0.39 is 0 Å². The first-order valence-electron chi connectivity index (χ1n) is 12.1. The molecule has 1 aromatic carbocycles. The molecule has 0 aliphatic carbocycles. The average Bonchev–Trinajstić information content (AvgIpc) is 3.17. The fourth-order valence-corrected chi connectivity index (χ4v) is 3.76. The standard InChI is InChI=1S/C27H34FN3O4/c1-5-6-11-21(15-24(32)35-16-18(2)3)30-27(33)25-19(4)29-26-23(13-9-14-31(25)26)34-17-20-10-7-8-12-22(20)28/h7-10,12-14,18,21H,5-6,11,15-17H2,1-4H3,(H,30,33)/t21-/m1/s1. The van der Waals surface area contributed by atoms with E-state index in [4.69, 9.17) is 9.47 Å². The zero-order valence-corrected chi connectivity index (χ0v) is 20.8. The molecule has 35 heavy (non-hydrogen) atoms. The molecule has 188 valence electrons. The van der Waals surface area contributed by atoms with Crippen LogP contribution in [0.15, 0.2) is 42.6 Å². The van der Waals surface area contributed by atoms with Gasteiger partial charge in [0.05, 0.1) is 18.7 Å². The topological polar surface area (TPSA) is 81.9 Å². The van der Waals surface area contributed by atoms with Crippen LogP contribution in [-0.2, 0) is 16.1 Å². The molecule has 1 atom stereocenters. The van der Waals surface area contributed by atoms with Crippen molar-refractivity contribution in [1.82, 2.24) is 14.7 Å². The Bertz CT molecular complexity index is 1160. The van der Waals surface area contributed by atoms with Crippen LogP contribution >= 0.6 is 0 Å². The summed E-state index contributed by atoms with van der Waals surface area (Å²) < 4.78 is 26.8. The maximum absolute atomic E-state index is 14.0. The highest BCUT2D eigenvalue weighted by Crippen LogP contribution is 2.24. The van der Waals surface area contributed by atoms with Gasteiger partial charge in [0.2, 0.25) is 0 Å². The number of aromatic nitrogens is 2. The smallest absolute Gasteiger partial charge is 0.307 e. The number of imidazole rings is 1. The van der Waals surface area contributed by atoms with Crippen LogP contribution in [0.5, 0.6) is 5.75 Å². The molecule has 0 fully saturated rings. The van der Waals surface area contributed by atoms with Crippen LogP contribution in [0.2, 0.25) is 0 Å². The van der Waals surface area contributed by atoms with E-state index in [0.717, 1.165) is 12.8 Å².